The molecule has 1 aliphatic carbocycles. The van der Waals surface area contributed by atoms with Gasteiger partial charge in [0.15, 0.2) is 0 Å². The molecule has 0 spiro atoms. The molecule has 0 heterocycles. The number of hydrogen-bond acceptors (Lipinski definition) is 0. The molecular formula is C34H30. The van der Waals surface area contributed by atoms with E-state index >= 15 is 0 Å². The molecule has 0 saturated carbocycles. The van der Waals surface area contributed by atoms with Crippen LogP contribution in [0.25, 0.3) is 49.9 Å². The van der Waals surface area contributed by atoms with Gasteiger partial charge in [0.25, 0.3) is 0 Å². The van der Waals surface area contributed by atoms with Crippen LogP contribution < -0.4 is 0 Å². The zero-order valence-corrected chi connectivity index (χ0v) is 20.1. The second-order valence-corrected chi connectivity index (χ2v) is 9.57. The van der Waals surface area contributed by atoms with Gasteiger partial charge in [0, 0.05) is 0 Å². The molecule has 5 aromatic rings. The number of hydrogen-bond donors (Lipinski definition) is 0. The fourth-order valence-corrected chi connectivity index (χ4v) is 5.79. The molecule has 6 rings (SSSR count). The van der Waals surface area contributed by atoms with E-state index in [1.807, 2.05) is 0 Å². The van der Waals surface area contributed by atoms with Crippen molar-refractivity contribution in [2.75, 3.05) is 0 Å². The number of fused-ring (bicyclic) bond motifs is 4. The van der Waals surface area contributed by atoms with Crippen molar-refractivity contribution in [3.63, 3.8) is 0 Å². The van der Waals surface area contributed by atoms with Crippen molar-refractivity contribution in [3.8, 4) is 22.3 Å². The molecule has 166 valence electrons. The molecule has 0 amide bonds. The first kappa shape index (κ1) is 20.9. The molecule has 0 saturated heterocycles. The largest absolute Gasteiger partial charge is 0.0836 e. The van der Waals surface area contributed by atoms with Gasteiger partial charge in [-0.3, -0.25) is 0 Å². The molecule has 0 aromatic heterocycles. The highest BCUT2D eigenvalue weighted by atomic mass is 14.2. The summed E-state index contributed by atoms with van der Waals surface area (Å²) in [4.78, 5) is 0. The Morgan fingerprint density at radius 1 is 0.735 bits per heavy atom. The van der Waals surface area contributed by atoms with Gasteiger partial charge in [-0.25, -0.2) is 0 Å². The minimum Gasteiger partial charge on any atom is -0.0836 e. The first-order valence-corrected chi connectivity index (χ1v) is 12.6. The summed E-state index contributed by atoms with van der Waals surface area (Å²) in [5.74, 6) is 0. The third-order valence-electron chi connectivity index (χ3n) is 7.44. The van der Waals surface area contributed by atoms with Gasteiger partial charge in [-0.2, -0.15) is 0 Å². The van der Waals surface area contributed by atoms with E-state index in [1.54, 1.807) is 0 Å². The first-order chi connectivity index (χ1) is 16.7. The van der Waals surface area contributed by atoms with Gasteiger partial charge < -0.3 is 0 Å². The quantitative estimate of drug-likeness (QED) is 0.262. The molecule has 0 aliphatic heterocycles. The van der Waals surface area contributed by atoms with Crippen LogP contribution in [-0.4, -0.2) is 0 Å². The van der Waals surface area contributed by atoms with Crippen molar-refractivity contribution in [2.24, 2.45) is 0 Å². The maximum atomic E-state index is 2.50. The van der Waals surface area contributed by atoms with Gasteiger partial charge >= 0.3 is 0 Å². The highest BCUT2D eigenvalue weighted by molar-refractivity contribution is 6.05. The van der Waals surface area contributed by atoms with Crippen LogP contribution in [-0.2, 0) is 12.8 Å². The molecule has 0 nitrogen and oxygen atoms in total. The Labute approximate surface area is 202 Å². The molecule has 5 aromatic carbocycles. The number of benzene rings is 5. The third-order valence-corrected chi connectivity index (χ3v) is 7.44. The van der Waals surface area contributed by atoms with E-state index in [1.165, 1.54) is 66.1 Å². The van der Waals surface area contributed by atoms with E-state index < -0.39 is 0 Å². The Kier molecular flexibility index (Phi) is 5.30. The predicted octanol–water partition coefficient (Wildman–Crippen LogP) is 9.55. The van der Waals surface area contributed by atoms with Crippen LogP contribution in [0.2, 0.25) is 0 Å². The molecule has 0 heteroatoms. The van der Waals surface area contributed by atoms with Gasteiger partial charge in [0.2, 0.25) is 0 Å². The van der Waals surface area contributed by atoms with Crippen molar-refractivity contribution >= 4 is 27.6 Å². The van der Waals surface area contributed by atoms with E-state index in [-0.39, 0.29) is 0 Å². The summed E-state index contributed by atoms with van der Waals surface area (Å²) in [7, 11) is 0. The molecule has 0 atom stereocenters. The van der Waals surface area contributed by atoms with Crippen molar-refractivity contribution in [2.45, 2.75) is 39.5 Å². The number of rotatable bonds is 4. The van der Waals surface area contributed by atoms with Crippen molar-refractivity contribution in [3.05, 3.63) is 113 Å². The molecule has 0 bridgehead atoms. The third kappa shape index (κ3) is 3.46. The van der Waals surface area contributed by atoms with Crippen LogP contribution in [0.3, 0.4) is 0 Å². The average molecular weight is 439 g/mol. The maximum absolute atomic E-state index is 2.50. The molecular weight excluding hydrogens is 408 g/mol. The standard InChI is InChI=1S/C34H30/c1-3-10-28-22-26-13-6-7-14-31(26)33-18-9-17-32(34(28)33)30-16-8-15-29(23(30)2)27-20-19-24-11-4-5-12-25(24)21-27/h4-5,7-9,11-12,14-22H,3,6,10,13H2,1-2H3. The first-order valence-electron chi connectivity index (χ1n) is 12.6. The smallest absolute Gasteiger partial charge is 0.00670 e. The fourth-order valence-electron chi connectivity index (χ4n) is 5.79. The van der Waals surface area contributed by atoms with Crippen molar-refractivity contribution in [1.82, 2.24) is 0 Å². The van der Waals surface area contributed by atoms with E-state index in [0.717, 1.165) is 25.7 Å². The van der Waals surface area contributed by atoms with Gasteiger partial charge in [0.1, 0.15) is 0 Å². The zero-order valence-electron chi connectivity index (χ0n) is 20.1. The predicted molar refractivity (Wildman–Crippen MR) is 148 cm³/mol. The van der Waals surface area contributed by atoms with Crippen LogP contribution in [0, 0.1) is 6.92 Å². The van der Waals surface area contributed by atoms with E-state index in [0.29, 0.717) is 0 Å². The lowest BCUT2D eigenvalue weighted by Gasteiger charge is -2.21. The zero-order chi connectivity index (χ0) is 23.1. The Morgan fingerprint density at radius 2 is 1.53 bits per heavy atom. The van der Waals surface area contributed by atoms with E-state index in [2.05, 4.69) is 111 Å². The summed E-state index contributed by atoms with van der Waals surface area (Å²) in [5.41, 5.74) is 11.1. The number of aryl methyl sites for hydroxylation is 2. The topological polar surface area (TPSA) is 0 Å². The summed E-state index contributed by atoms with van der Waals surface area (Å²) in [6, 6.07) is 31.7. The lowest BCUT2D eigenvalue weighted by Crippen LogP contribution is -2.00. The van der Waals surface area contributed by atoms with Crippen molar-refractivity contribution in [1.29, 1.82) is 0 Å². The normalized spacial score (nSPS) is 12.9. The van der Waals surface area contributed by atoms with Gasteiger partial charge in [0.05, 0.1) is 0 Å². The second-order valence-electron chi connectivity index (χ2n) is 9.57. The van der Waals surface area contributed by atoms with Crippen molar-refractivity contribution < 1.29 is 0 Å². The van der Waals surface area contributed by atoms with Crippen LogP contribution in [0.5, 0.6) is 0 Å². The van der Waals surface area contributed by atoms with Gasteiger partial charge in [-0.05, 0) is 98.3 Å². The molecule has 0 unspecified atom stereocenters. The summed E-state index contributed by atoms with van der Waals surface area (Å²) >= 11 is 0. The van der Waals surface area contributed by atoms with E-state index in [4.69, 9.17) is 0 Å². The van der Waals surface area contributed by atoms with Crippen LogP contribution in [0.15, 0.2) is 91.0 Å². The highest BCUT2D eigenvalue weighted by Crippen LogP contribution is 2.40. The monoisotopic (exact) mass is 438 g/mol. The molecule has 0 radical (unpaired) electrons. The summed E-state index contributed by atoms with van der Waals surface area (Å²) in [5, 5.41) is 5.42. The van der Waals surface area contributed by atoms with Crippen LogP contribution >= 0.6 is 0 Å². The molecule has 34 heavy (non-hydrogen) atoms. The van der Waals surface area contributed by atoms with Gasteiger partial charge in [-0.15, -0.1) is 0 Å². The summed E-state index contributed by atoms with van der Waals surface area (Å²) in [6.07, 6.45) is 9.26. The van der Waals surface area contributed by atoms with Gasteiger partial charge in [-0.1, -0.05) is 104 Å². The maximum Gasteiger partial charge on any atom is -0.00670 e. The van der Waals surface area contributed by atoms with E-state index in [9.17, 15) is 0 Å². The Balaban J connectivity index is 1.59. The molecule has 0 N–H and O–H groups in total. The molecule has 1 aliphatic rings. The molecule has 0 fully saturated rings. The SMILES string of the molecule is CCCc1cc2c(c3cccc(-c4cccc(-c5ccc6ccccc6c5)c4C)c13)C=CCC2. The fraction of sp³-hybridized carbons (Fsp3) is 0.176. The lowest BCUT2D eigenvalue weighted by atomic mass is 9.83. The Morgan fingerprint density at radius 3 is 2.41 bits per heavy atom. The lowest BCUT2D eigenvalue weighted by molar-refractivity contribution is 0.918. The minimum atomic E-state index is 1.12. The highest BCUT2D eigenvalue weighted by Gasteiger charge is 2.17. The Bertz CT molecular complexity index is 1560. The Hall–Kier alpha value is -3.64. The van der Waals surface area contributed by atoms with Crippen LogP contribution in [0.4, 0.5) is 0 Å². The second kappa shape index (κ2) is 8.61. The van der Waals surface area contributed by atoms with Crippen LogP contribution in [0.1, 0.15) is 42.0 Å². The number of allylic oxidation sites excluding steroid dienone is 1. The minimum absolute atomic E-state index is 1.12. The summed E-state index contributed by atoms with van der Waals surface area (Å²) < 4.78 is 0. The summed E-state index contributed by atoms with van der Waals surface area (Å²) in [6.45, 7) is 4.58. The average Bonchev–Trinajstić information content (AvgIpc) is 2.88.